The molecule has 0 fully saturated rings. The van der Waals surface area contributed by atoms with Gasteiger partial charge in [0, 0.05) is 5.75 Å². The fourth-order valence-corrected chi connectivity index (χ4v) is 2.51. The Morgan fingerprint density at radius 3 is 2.94 bits per heavy atom. The van der Waals surface area contributed by atoms with E-state index in [9.17, 15) is 4.79 Å². The SMILES string of the molecule is CCNC(C)(CCSc1ncco1)C(=O)OCC. The number of carbonyl (C=O) groups is 1. The van der Waals surface area contributed by atoms with Crippen LogP contribution in [0.3, 0.4) is 0 Å². The van der Waals surface area contributed by atoms with Crippen molar-refractivity contribution in [3.8, 4) is 0 Å². The molecule has 0 bridgehead atoms. The summed E-state index contributed by atoms with van der Waals surface area (Å²) < 4.78 is 10.2. The van der Waals surface area contributed by atoms with Gasteiger partial charge < -0.3 is 14.5 Å². The Hall–Kier alpha value is -1.01. The molecule has 5 nitrogen and oxygen atoms in total. The van der Waals surface area contributed by atoms with Gasteiger partial charge in [-0.1, -0.05) is 18.7 Å². The van der Waals surface area contributed by atoms with Crippen LogP contribution >= 0.6 is 11.8 Å². The van der Waals surface area contributed by atoms with Crippen LogP contribution in [0, 0.1) is 0 Å². The molecule has 0 aliphatic carbocycles. The van der Waals surface area contributed by atoms with Gasteiger partial charge in [0.1, 0.15) is 11.8 Å². The highest BCUT2D eigenvalue weighted by Gasteiger charge is 2.33. The number of carbonyl (C=O) groups excluding carboxylic acids is 1. The van der Waals surface area contributed by atoms with Crippen LogP contribution in [0.1, 0.15) is 27.2 Å². The van der Waals surface area contributed by atoms with E-state index < -0.39 is 5.54 Å². The zero-order valence-electron chi connectivity index (χ0n) is 11.1. The fraction of sp³-hybridized carbons (Fsp3) is 0.667. The monoisotopic (exact) mass is 272 g/mol. The maximum atomic E-state index is 11.9. The number of nitrogens with one attached hydrogen (secondary N) is 1. The van der Waals surface area contributed by atoms with Gasteiger partial charge >= 0.3 is 5.97 Å². The number of oxazole rings is 1. The van der Waals surface area contributed by atoms with Crippen molar-refractivity contribution >= 4 is 17.7 Å². The molecule has 0 saturated heterocycles. The topological polar surface area (TPSA) is 64.4 Å². The number of hydrogen-bond acceptors (Lipinski definition) is 6. The molecule has 1 aromatic heterocycles. The van der Waals surface area contributed by atoms with Gasteiger partial charge in [-0.25, -0.2) is 4.98 Å². The molecule has 6 heteroatoms. The van der Waals surface area contributed by atoms with E-state index in [2.05, 4.69) is 10.3 Å². The number of aromatic nitrogens is 1. The van der Waals surface area contributed by atoms with Crippen molar-refractivity contribution in [1.82, 2.24) is 10.3 Å². The second kappa shape index (κ2) is 7.43. The summed E-state index contributed by atoms with van der Waals surface area (Å²) in [6.45, 7) is 6.76. The van der Waals surface area contributed by atoms with Crippen molar-refractivity contribution in [1.29, 1.82) is 0 Å². The highest BCUT2D eigenvalue weighted by Crippen LogP contribution is 2.21. The molecule has 0 spiro atoms. The summed E-state index contributed by atoms with van der Waals surface area (Å²) in [5.74, 6) is 0.530. The Kier molecular flexibility index (Phi) is 6.21. The lowest BCUT2D eigenvalue weighted by Gasteiger charge is -2.27. The van der Waals surface area contributed by atoms with Crippen LogP contribution in [0.5, 0.6) is 0 Å². The minimum Gasteiger partial charge on any atom is -0.465 e. The fourth-order valence-electron chi connectivity index (χ4n) is 1.57. The Balaban J connectivity index is 2.48. The molecule has 1 unspecified atom stereocenters. The molecule has 1 aromatic rings. The molecule has 0 aliphatic rings. The van der Waals surface area contributed by atoms with E-state index >= 15 is 0 Å². The third kappa shape index (κ3) is 4.34. The molecule has 0 saturated carbocycles. The number of hydrogen-bond donors (Lipinski definition) is 1. The third-order valence-corrected chi connectivity index (χ3v) is 3.39. The van der Waals surface area contributed by atoms with E-state index in [1.54, 1.807) is 6.20 Å². The third-order valence-electron chi connectivity index (χ3n) is 2.53. The van der Waals surface area contributed by atoms with Crippen molar-refractivity contribution < 1.29 is 13.9 Å². The molecule has 0 radical (unpaired) electrons. The molecule has 1 N–H and O–H groups in total. The Morgan fingerprint density at radius 2 is 2.39 bits per heavy atom. The van der Waals surface area contributed by atoms with Crippen LogP contribution in [0.15, 0.2) is 22.1 Å². The minimum absolute atomic E-state index is 0.208. The van der Waals surface area contributed by atoms with Crippen LogP contribution in [-0.4, -0.2) is 35.4 Å². The van der Waals surface area contributed by atoms with E-state index in [-0.39, 0.29) is 5.97 Å². The lowest BCUT2D eigenvalue weighted by molar-refractivity contribution is -0.150. The zero-order valence-corrected chi connectivity index (χ0v) is 11.9. The maximum Gasteiger partial charge on any atom is 0.326 e. The molecule has 102 valence electrons. The summed E-state index contributed by atoms with van der Waals surface area (Å²) in [6.07, 6.45) is 3.81. The molecule has 0 aromatic carbocycles. The van der Waals surface area contributed by atoms with Gasteiger partial charge in [0.2, 0.25) is 0 Å². The van der Waals surface area contributed by atoms with Gasteiger partial charge in [0.05, 0.1) is 12.8 Å². The summed E-state index contributed by atoms with van der Waals surface area (Å²) in [5, 5.41) is 3.81. The smallest absolute Gasteiger partial charge is 0.326 e. The lowest BCUT2D eigenvalue weighted by atomic mass is 9.99. The quantitative estimate of drug-likeness (QED) is 0.577. The standard InChI is InChI=1S/C12H20N2O3S/c1-4-14-12(3,10(15)16-5-2)6-9-18-11-13-7-8-17-11/h7-8,14H,4-6,9H2,1-3H3. The number of ether oxygens (including phenoxy) is 1. The maximum absolute atomic E-state index is 11.9. The van der Waals surface area contributed by atoms with Crippen molar-refractivity contribution in [3.63, 3.8) is 0 Å². The predicted molar refractivity (Wildman–Crippen MR) is 70.6 cm³/mol. The van der Waals surface area contributed by atoms with Crippen molar-refractivity contribution in [2.24, 2.45) is 0 Å². The normalized spacial score (nSPS) is 14.2. The summed E-state index contributed by atoms with van der Waals surface area (Å²) >= 11 is 1.49. The van der Waals surface area contributed by atoms with Crippen LogP contribution in [-0.2, 0) is 9.53 Å². The average molecular weight is 272 g/mol. The predicted octanol–water partition coefficient (Wildman–Crippen LogP) is 2.09. The van der Waals surface area contributed by atoms with Crippen molar-refractivity contribution in [2.75, 3.05) is 18.9 Å². The van der Waals surface area contributed by atoms with Crippen LogP contribution in [0.2, 0.25) is 0 Å². The van der Waals surface area contributed by atoms with E-state index in [0.717, 1.165) is 12.3 Å². The average Bonchev–Trinajstić information content (AvgIpc) is 2.83. The van der Waals surface area contributed by atoms with Gasteiger partial charge in [-0.05, 0) is 26.8 Å². The second-order valence-electron chi connectivity index (χ2n) is 3.98. The highest BCUT2D eigenvalue weighted by molar-refractivity contribution is 7.99. The Labute approximate surface area is 112 Å². The minimum atomic E-state index is -0.648. The van der Waals surface area contributed by atoms with Crippen LogP contribution in [0.4, 0.5) is 0 Å². The van der Waals surface area contributed by atoms with E-state index in [0.29, 0.717) is 18.3 Å². The molecule has 0 amide bonds. The first kappa shape index (κ1) is 15.0. The first-order valence-electron chi connectivity index (χ1n) is 6.07. The highest BCUT2D eigenvalue weighted by atomic mass is 32.2. The van der Waals surface area contributed by atoms with Gasteiger partial charge in [0.15, 0.2) is 0 Å². The van der Waals surface area contributed by atoms with Crippen molar-refractivity contribution in [2.45, 2.75) is 38.0 Å². The van der Waals surface area contributed by atoms with Gasteiger partial charge in [-0.15, -0.1) is 0 Å². The first-order chi connectivity index (χ1) is 8.62. The molecular formula is C12H20N2O3S. The molecule has 1 atom stereocenters. The van der Waals surface area contributed by atoms with Gasteiger partial charge in [-0.2, -0.15) is 0 Å². The van der Waals surface area contributed by atoms with Gasteiger partial charge in [0.25, 0.3) is 5.22 Å². The number of likely N-dealkylation sites (N-methyl/N-ethyl adjacent to an activating group) is 1. The summed E-state index contributed by atoms with van der Waals surface area (Å²) in [5.41, 5.74) is -0.648. The number of thioether (sulfide) groups is 1. The molecule has 18 heavy (non-hydrogen) atoms. The molecule has 0 aliphatic heterocycles. The van der Waals surface area contributed by atoms with Crippen molar-refractivity contribution in [3.05, 3.63) is 12.5 Å². The second-order valence-corrected chi connectivity index (χ2v) is 5.03. The molecule has 1 rings (SSSR count). The number of rotatable bonds is 8. The zero-order chi connectivity index (χ0) is 13.4. The van der Waals surface area contributed by atoms with E-state index in [4.69, 9.17) is 9.15 Å². The summed E-state index contributed by atoms with van der Waals surface area (Å²) in [6, 6.07) is 0. The lowest BCUT2D eigenvalue weighted by Crippen LogP contribution is -2.50. The summed E-state index contributed by atoms with van der Waals surface area (Å²) in [4.78, 5) is 15.9. The van der Waals surface area contributed by atoms with Crippen LogP contribution < -0.4 is 5.32 Å². The first-order valence-corrected chi connectivity index (χ1v) is 7.05. The number of esters is 1. The molecular weight excluding hydrogens is 252 g/mol. The van der Waals surface area contributed by atoms with E-state index in [1.165, 1.54) is 18.0 Å². The summed E-state index contributed by atoms with van der Waals surface area (Å²) in [7, 11) is 0. The van der Waals surface area contributed by atoms with E-state index in [1.807, 2.05) is 20.8 Å². The Morgan fingerprint density at radius 1 is 1.61 bits per heavy atom. The van der Waals surface area contributed by atoms with Crippen LogP contribution in [0.25, 0.3) is 0 Å². The largest absolute Gasteiger partial charge is 0.465 e. The number of nitrogens with zero attached hydrogens (tertiary/aromatic N) is 1. The van der Waals surface area contributed by atoms with Gasteiger partial charge in [-0.3, -0.25) is 4.79 Å². The molecule has 1 heterocycles. The Bertz CT molecular complexity index is 356.